The highest BCUT2D eigenvalue weighted by Crippen LogP contribution is 2.13. The van der Waals surface area contributed by atoms with E-state index in [0.29, 0.717) is 0 Å². The number of carbonyl (C=O) groups is 2. The Hall–Kier alpha value is -3.15. The number of carboxylic acids is 2. The fraction of sp³-hybridized carbons (Fsp3) is 0.0625. The Morgan fingerprint density at radius 1 is 0.955 bits per heavy atom. The van der Waals surface area contributed by atoms with E-state index in [0.717, 1.165) is 11.0 Å². The molecule has 112 valence electrons. The van der Waals surface area contributed by atoms with Crippen LogP contribution in [0.1, 0.15) is 26.3 Å². The summed E-state index contributed by atoms with van der Waals surface area (Å²) >= 11 is 0. The van der Waals surface area contributed by atoms with E-state index in [4.69, 9.17) is 10.2 Å². The Bertz CT molecular complexity index is 761. The summed E-state index contributed by atoms with van der Waals surface area (Å²) < 4.78 is 0. The lowest BCUT2D eigenvalue weighted by Crippen LogP contribution is -2.06. The number of rotatable bonds is 2. The molecule has 2 aromatic carbocycles. The molecule has 3 N–H and O–H groups in total. The van der Waals surface area contributed by atoms with Crippen LogP contribution in [0.3, 0.4) is 0 Å². The lowest BCUT2D eigenvalue weighted by atomic mass is 10.0. The maximum Gasteiger partial charge on any atom is 0.335 e. The average molecular weight is 298 g/mol. The van der Waals surface area contributed by atoms with Crippen molar-refractivity contribution in [1.29, 1.82) is 0 Å². The first-order chi connectivity index (χ1) is 10.5. The van der Waals surface area contributed by atoms with Crippen molar-refractivity contribution in [3.63, 3.8) is 0 Å². The number of para-hydroxylation sites is 2. The summed E-state index contributed by atoms with van der Waals surface area (Å²) in [6.45, 7) is 1.48. The zero-order valence-corrected chi connectivity index (χ0v) is 11.8. The van der Waals surface area contributed by atoms with E-state index in [1.165, 1.54) is 25.1 Å². The van der Waals surface area contributed by atoms with Crippen LogP contribution >= 0.6 is 0 Å². The quantitative estimate of drug-likeness (QED) is 0.675. The van der Waals surface area contributed by atoms with Gasteiger partial charge >= 0.3 is 11.9 Å². The Balaban J connectivity index is 0.000000170. The number of hydrogen-bond acceptors (Lipinski definition) is 3. The molecule has 0 bridgehead atoms. The normalized spacial score (nSPS) is 9.86. The van der Waals surface area contributed by atoms with Crippen LogP contribution in [-0.2, 0) is 0 Å². The number of nitrogens with zero attached hydrogens (tertiary/aromatic N) is 1. The molecule has 0 aliphatic heterocycles. The van der Waals surface area contributed by atoms with Gasteiger partial charge in [0, 0.05) is 0 Å². The monoisotopic (exact) mass is 298 g/mol. The summed E-state index contributed by atoms with van der Waals surface area (Å²) in [4.78, 5) is 28.3. The number of aromatic amines is 1. The van der Waals surface area contributed by atoms with Crippen LogP contribution in [0.2, 0.25) is 0 Å². The molecule has 6 nitrogen and oxygen atoms in total. The van der Waals surface area contributed by atoms with E-state index < -0.39 is 11.9 Å². The summed E-state index contributed by atoms with van der Waals surface area (Å²) in [5.74, 6) is -2.22. The van der Waals surface area contributed by atoms with Crippen molar-refractivity contribution in [2.75, 3.05) is 0 Å². The van der Waals surface area contributed by atoms with Crippen molar-refractivity contribution in [3.8, 4) is 0 Å². The molecule has 0 radical (unpaired) electrons. The molecule has 0 unspecified atom stereocenters. The minimum atomic E-state index is -1.11. The van der Waals surface area contributed by atoms with Gasteiger partial charge in [-0.15, -0.1) is 0 Å². The number of H-pyrrole nitrogens is 1. The average Bonchev–Trinajstić information content (AvgIpc) is 2.96. The Morgan fingerprint density at radius 3 is 2.09 bits per heavy atom. The molecule has 22 heavy (non-hydrogen) atoms. The summed E-state index contributed by atoms with van der Waals surface area (Å²) in [5, 5.41) is 17.4. The molecule has 0 aliphatic rings. The summed E-state index contributed by atoms with van der Waals surface area (Å²) in [6, 6.07) is 12.1. The Kier molecular flexibility index (Phi) is 4.53. The summed E-state index contributed by atoms with van der Waals surface area (Å²) in [6.07, 6.45) is 1.70. The first kappa shape index (κ1) is 15.2. The van der Waals surface area contributed by atoms with Crippen LogP contribution in [0.5, 0.6) is 0 Å². The van der Waals surface area contributed by atoms with E-state index in [1.807, 2.05) is 24.3 Å². The molecule has 0 fully saturated rings. The SMILES string of the molecule is Cc1c(C(=O)O)cccc1C(=O)O.c1ccc2[nH]cnc2c1. The fourth-order valence-corrected chi connectivity index (χ4v) is 1.98. The second kappa shape index (κ2) is 6.53. The van der Waals surface area contributed by atoms with Crippen LogP contribution < -0.4 is 0 Å². The lowest BCUT2D eigenvalue weighted by molar-refractivity contribution is 0.0696. The number of aromatic carboxylic acids is 2. The maximum absolute atomic E-state index is 10.6. The van der Waals surface area contributed by atoms with Gasteiger partial charge in [0.05, 0.1) is 28.5 Å². The second-order valence-electron chi connectivity index (χ2n) is 4.51. The minimum Gasteiger partial charge on any atom is -0.478 e. The summed E-state index contributed by atoms with van der Waals surface area (Å²) in [7, 11) is 0. The largest absolute Gasteiger partial charge is 0.478 e. The van der Waals surface area contributed by atoms with Crippen molar-refractivity contribution in [2.45, 2.75) is 6.92 Å². The highest BCUT2D eigenvalue weighted by Gasteiger charge is 2.13. The molecule has 0 atom stereocenters. The number of nitrogens with one attached hydrogen (secondary N) is 1. The van der Waals surface area contributed by atoms with E-state index in [9.17, 15) is 9.59 Å². The second-order valence-corrected chi connectivity index (χ2v) is 4.51. The van der Waals surface area contributed by atoms with E-state index >= 15 is 0 Å². The standard InChI is InChI=1S/C9H8O4.C7H6N2/c1-5-6(8(10)11)3-2-4-7(5)9(12)13;1-2-4-7-6(3-1)8-5-9-7/h2-4H,1H3,(H,10,11)(H,12,13);1-5H,(H,8,9). The third-order valence-corrected chi connectivity index (χ3v) is 3.12. The molecule has 1 aromatic heterocycles. The van der Waals surface area contributed by atoms with Crippen LogP contribution in [0, 0.1) is 6.92 Å². The predicted molar refractivity (Wildman–Crippen MR) is 81.2 cm³/mol. The number of aromatic nitrogens is 2. The van der Waals surface area contributed by atoms with Crippen molar-refractivity contribution in [3.05, 3.63) is 65.5 Å². The van der Waals surface area contributed by atoms with Gasteiger partial charge in [-0.05, 0) is 36.8 Å². The molecule has 0 spiro atoms. The number of imidazole rings is 1. The van der Waals surface area contributed by atoms with E-state index in [2.05, 4.69) is 9.97 Å². The number of carboxylic acid groups (broad SMARTS) is 2. The molecule has 3 aromatic rings. The van der Waals surface area contributed by atoms with Crippen molar-refractivity contribution >= 4 is 23.0 Å². The third-order valence-electron chi connectivity index (χ3n) is 3.12. The zero-order chi connectivity index (χ0) is 16.1. The van der Waals surface area contributed by atoms with Gasteiger partial charge in [-0.25, -0.2) is 14.6 Å². The Morgan fingerprint density at radius 2 is 1.55 bits per heavy atom. The van der Waals surface area contributed by atoms with Gasteiger partial charge in [0.15, 0.2) is 0 Å². The molecule has 0 aliphatic carbocycles. The van der Waals surface area contributed by atoms with Gasteiger partial charge < -0.3 is 15.2 Å². The smallest absolute Gasteiger partial charge is 0.335 e. The van der Waals surface area contributed by atoms with Crippen molar-refractivity contribution in [2.24, 2.45) is 0 Å². The molecule has 0 saturated carbocycles. The van der Waals surface area contributed by atoms with Crippen LogP contribution in [0.15, 0.2) is 48.8 Å². The predicted octanol–water partition coefficient (Wildman–Crippen LogP) is 2.95. The van der Waals surface area contributed by atoms with Crippen molar-refractivity contribution < 1.29 is 19.8 Å². The topological polar surface area (TPSA) is 103 Å². The summed E-state index contributed by atoms with van der Waals surface area (Å²) in [5.41, 5.74) is 2.46. The Labute approximate surface area is 126 Å². The molecule has 6 heteroatoms. The van der Waals surface area contributed by atoms with E-state index in [1.54, 1.807) is 6.33 Å². The van der Waals surface area contributed by atoms with Gasteiger partial charge in [0.2, 0.25) is 0 Å². The van der Waals surface area contributed by atoms with Gasteiger partial charge in [-0.1, -0.05) is 18.2 Å². The lowest BCUT2D eigenvalue weighted by Gasteiger charge is -2.03. The van der Waals surface area contributed by atoms with Gasteiger partial charge in [0.1, 0.15) is 0 Å². The molecule has 1 heterocycles. The first-order valence-corrected chi connectivity index (χ1v) is 6.45. The maximum atomic E-state index is 10.6. The molecular weight excluding hydrogens is 284 g/mol. The van der Waals surface area contributed by atoms with Gasteiger partial charge in [-0.2, -0.15) is 0 Å². The highest BCUT2D eigenvalue weighted by atomic mass is 16.4. The fourth-order valence-electron chi connectivity index (χ4n) is 1.98. The van der Waals surface area contributed by atoms with Crippen LogP contribution in [-0.4, -0.2) is 32.1 Å². The molecule has 0 saturated heterocycles. The third kappa shape index (κ3) is 3.29. The number of hydrogen-bond donors (Lipinski definition) is 3. The molecule has 3 rings (SSSR count). The highest BCUT2D eigenvalue weighted by molar-refractivity contribution is 5.96. The van der Waals surface area contributed by atoms with Crippen LogP contribution in [0.4, 0.5) is 0 Å². The zero-order valence-electron chi connectivity index (χ0n) is 11.8. The number of fused-ring (bicyclic) bond motifs is 1. The molecular formula is C16H14N2O4. The van der Waals surface area contributed by atoms with Crippen LogP contribution in [0.25, 0.3) is 11.0 Å². The van der Waals surface area contributed by atoms with Gasteiger partial charge in [-0.3, -0.25) is 0 Å². The minimum absolute atomic E-state index is 0.0277. The van der Waals surface area contributed by atoms with Crippen molar-refractivity contribution in [1.82, 2.24) is 9.97 Å². The first-order valence-electron chi connectivity index (χ1n) is 6.45. The molecule has 0 amide bonds. The van der Waals surface area contributed by atoms with E-state index in [-0.39, 0.29) is 16.7 Å². The number of benzene rings is 2. The van der Waals surface area contributed by atoms with Gasteiger partial charge in [0.25, 0.3) is 0 Å².